The highest BCUT2D eigenvalue weighted by Gasteiger charge is 2.45. The highest BCUT2D eigenvalue weighted by Crippen LogP contribution is 2.45. The number of aliphatic hydroxyl groups excluding tert-OH is 1. The van der Waals surface area contributed by atoms with Crippen molar-refractivity contribution in [1.29, 1.82) is 0 Å². The number of aromatic hydroxyl groups is 1. The van der Waals surface area contributed by atoms with E-state index in [1.54, 1.807) is 18.7 Å². The molecule has 38 heavy (non-hydrogen) atoms. The van der Waals surface area contributed by atoms with E-state index in [-0.39, 0.29) is 50.1 Å². The maximum atomic E-state index is 16.1. The van der Waals surface area contributed by atoms with Crippen molar-refractivity contribution in [2.24, 2.45) is 0 Å². The molecule has 2 fully saturated rings. The predicted octanol–water partition coefficient (Wildman–Crippen LogP) is 2.45. The number of rotatable bonds is 3. The van der Waals surface area contributed by atoms with Gasteiger partial charge in [0, 0.05) is 31.7 Å². The average Bonchev–Trinajstić information content (AvgIpc) is 3.06. The molecule has 0 radical (unpaired) electrons. The van der Waals surface area contributed by atoms with Crippen LogP contribution in [0.15, 0.2) is 24.8 Å². The number of β-amino-alcohol motifs (C(OH)–C–C–N with tert-alkyl or cyclic N) is 1. The van der Waals surface area contributed by atoms with Gasteiger partial charge in [0.25, 0.3) is 5.91 Å². The molecule has 0 spiro atoms. The van der Waals surface area contributed by atoms with Gasteiger partial charge in [-0.15, -0.1) is 0 Å². The minimum Gasteiger partial charge on any atom is -0.504 e. The Balaban J connectivity index is 1.71. The number of fused-ring (bicyclic) bond motifs is 2. The van der Waals surface area contributed by atoms with Gasteiger partial charge < -0.3 is 29.6 Å². The Bertz CT molecular complexity index is 1350. The minimum absolute atomic E-state index is 0.0352. The van der Waals surface area contributed by atoms with Gasteiger partial charge in [-0.2, -0.15) is 0 Å². The number of benzene rings is 1. The van der Waals surface area contributed by atoms with E-state index in [2.05, 4.69) is 11.6 Å². The minimum atomic E-state index is -1.24. The molecule has 1 aromatic carbocycles. The second kappa shape index (κ2) is 9.19. The summed E-state index contributed by atoms with van der Waals surface area (Å²) in [5, 5.41) is 20.7. The summed E-state index contributed by atoms with van der Waals surface area (Å²) in [4.78, 5) is 35.0. The third kappa shape index (κ3) is 4.03. The summed E-state index contributed by atoms with van der Waals surface area (Å²) in [6.45, 7) is 7.41. The first-order valence-electron chi connectivity index (χ1n) is 12.2. The molecule has 2 aromatic rings. The van der Waals surface area contributed by atoms with Gasteiger partial charge in [0.15, 0.2) is 23.1 Å². The lowest BCUT2D eigenvalue weighted by molar-refractivity contribution is -0.128. The van der Waals surface area contributed by atoms with Crippen molar-refractivity contribution < 1.29 is 37.7 Å². The molecule has 9 nitrogen and oxygen atoms in total. The van der Waals surface area contributed by atoms with Crippen LogP contribution in [0.2, 0.25) is 0 Å². The number of piperazine rings is 1. The molecule has 0 saturated carbocycles. The Morgan fingerprint density at radius 3 is 2.55 bits per heavy atom. The number of halogens is 3. The van der Waals surface area contributed by atoms with Gasteiger partial charge in [0.05, 0.1) is 17.7 Å². The smallest absolute Gasteiger partial charge is 0.262 e. The number of nitrogens with zero attached hydrogens (tertiary/aromatic N) is 4. The monoisotopic (exact) mass is 532 g/mol. The SMILES string of the molecule is C=CC(=O)N1CCN2C(=O)c3c(N4C[C@@H](O)CC4(C)C)nc(-c4c(F)ccc(F)c4O)c(F)c3OC[C@H]2C1. The molecular weight excluding hydrogens is 505 g/mol. The number of carbonyl (C=O) groups is 2. The molecule has 0 aliphatic carbocycles. The number of amides is 2. The van der Waals surface area contributed by atoms with Crippen molar-refractivity contribution in [2.45, 2.75) is 38.0 Å². The number of phenolic OH excluding ortho intramolecular Hbond substituents is 1. The lowest BCUT2D eigenvalue weighted by Gasteiger charge is -2.40. The van der Waals surface area contributed by atoms with E-state index in [0.717, 1.165) is 6.07 Å². The third-order valence-electron chi connectivity index (χ3n) is 7.37. The Labute approximate surface area is 216 Å². The molecule has 5 rings (SSSR count). The Morgan fingerprint density at radius 1 is 1.18 bits per heavy atom. The van der Waals surface area contributed by atoms with Crippen LogP contribution < -0.4 is 9.64 Å². The van der Waals surface area contributed by atoms with Crippen LogP contribution in [0.3, 0.4) is 0 Å². The van der Waals surface area contributed by atoms with Crippen LogP contribution in [0.25, 0.3) is 11.3 Å². The molecule has 3 aliphatic heterocycles. The van der Waals surface area contributed by atoms with Gasteiger partial charge in [-0.3, -0.25) is 9.59 Å². The summed E-state index contributed by atoms with van der Waals surface area (Å²) in [7, 11) is 0. The van der Waals surface area contributed by atoms with Gasteiger partial charge in [-0.1, -0.05) is 6.58 Å². The lowest BCUT2D eigenvalue weighted by atomic mass is 9.99. The number of aromatic nitrogens is 1. The van der Waals surface area contributed by atoms with E-state index in [0.29, 0.717) is 12.5 Å². The Hall–Kier alpha value is -3.80. The zero-order valence-corrected chi connectivity index (χ0v) is 20.9. The van der Waals surface area contributed by atoms with E-state index in [9.17, 15) is 28.6 Å². The number of anilines is 1. The van der Waals surface area contributed by atoms with E-state index >= 15 is 4.39 Å². The molecule has 12 heteroatoms. The van der Waals surface area contributed by atoms with Gasteiger partial charge in [-0.05, 0) is 38.5 Å². The molecule has 3 aliphatic rings. The van der Waals surface area contributed by atoms with Crippen LogP contribution in [0.1, 0.15) is 30.6 Å². The summed E-state index contributed by atoms with van der Waals surface area (Å²) in [6.07, 6.45) is 0.673. The normalized spacial score (nSPS) is 22.5. The molecule has 2 amide bonds. The highest BCUT2D eigenvalue weighted by atomic mass is 19.1. The number of hydrogen-bond acceptors (Lipinski definition) is 7. The summed E-state index contributed by atoms with van der Waals surface area (Å²) in [5.74, 6) is -6.23. The van der Waals surface area contributed by atoms with Crippen molar-refractivity contribution in [2.75, 3.05) is 37.7 Å². The number of pyridine rings is 1. The van der Waals surface area contributed by atoms with E-state index in [4.69, 9.17) is 4.74 Å². The fraction of sp³-hybridized carbons (Fsp3) is 0.423. The lowest BCUT2D eigenvalue weighted by Crippen LogP contribution is -2.57. The largest absolute Gasteiger partial charge is 0.504 e. The van der Waals surface area contributed by atoms with Crippen LogP contribution in [-0.2, 0) is 4.79 Å². The second-order valence-corrected chi connectivity index (χ2v) is 10.3. The van der Waals surface area contributed by atoms with E-state index in [1.165, 1.54) is 15.9 Å². The number of hydrogen-bond donors (Lipinski definition) is 2. The van der Waals surface area contributed by atoms with Crippen LogP contribution in [0.4, 0.5) is 19.0 Å². The van der Waals surface area contributed by atoms with Gasteiger partial charge in [-0.25, -0.2) is 18.2 Å². The molecule has 0 bridgehead atoms. The first kappa shape index (κ1) is 25.8. The van der Waals surface area contributed by atoms with Crippen molar-refractivity contribution in [3.05, 3.63) is 47.8 Å². The van der Waals surface area contributed by atoms with Crippen LogP contribution in [-0.4, -0.2) is 87.3 Å². The molecule has 202 valence electrons. The number of ether oxygens (including phenoxy) is 1. The summed E-state index contributed by atoms with van der Waals surface area (Å²) >= 11 is 0. The van der Waals surface area contributed by atoms with Crippen molar-refractivity contribution >= 4 is 17.6 Å². The summed E-state index contributed by atoms with van der Waals surface area (Å²) < 4.78 is 50.9. The fourth-order valence-corrected chi connectivity index (χ4v) is 5.49. The first-order valence-corrected chi connectivity index (χ1v) is 12.2. The van der Waals surface area contributed by atoms with Crippen LogP contribution >= 0.6 is 0 Å². The topological polar surface area (TPSA) is 106 Å². The second-order valence-electron chi connectivity index (χ2n) is 10.3. The van der Waals surface area contributed by atoms with Crippen molar-refractivity contribution in [3.8, 4) is 22.8 Å². The van der Waals surface area contributed by atoms with Crippen molar-refractivity contribution in [1.82, 2.24) is 14.8 Å². The fourth-order valence-electron chi connectivity index (χ4n) is 5.49. The van der Waals surface area contributed by atoms with Crippen LogP contribution in [0.5, 0.6) is 11.5 Å². The molecule has 2 atom stereocenters. The molecule has 1 aromatic heterocycles. The molecular formula is C26H27F3N4O5. The highest BCUT2D eigenvalue weighted by molar-refractivity contribution is 6.03. The summed E-state index contributed by atoms with van der Waals surface area (Å²) in [5.41, 5.74) is -2.53. The standard InChI is InChI=1S/C26H27F3N4O5/c1-4-17(35)31-7-8-32-13(10-31)12-38-23-19(25(32)37)24(33-11-14(34)9-26(33,2)3)30-21(20(23)29)18-15(27)5-6-16(28)22(18)36/h4-6,13-14,34,36H,1,7-12H2,2-3H3/t13-,14+/m1/s1. The predicted molar refractivity (Wildman–Crippen MR) is 130 cm³/mol. The quantitative estimate of drug-likeness (QED) is 0.585. The molecule has 0 unspecified atom stereocenters. The molecule has 2 saturated heterocycles. The zero-order valence-electron chi connectivity index (χ0n) is 20.9. The molecule has 2 N–H and O–H groups in total. The molecule has 4 heterocycles. The van der Waals surface area contributed by atoms with Crippen molar-refractivity contribution in [3.63, 3.8) is 0 Å². The number of carbonyl (C=O) groups excluding carboxylic acids is 2. The number of aliphatic hydroxyl groups is 1. The Kier molecular flexibility index (Phi) is 6.25. The maximum absolute atomic E-state index is 16.1. The first-order chi connectivity index (χ1) is 17.9. The van der Waals surface area contributed by atoms with Gasteiger partial charge in [0.2, 0.25) is 5.91 Å². The Morgan fingerprint density at radius 2 is 1.89 bits per heavy atom. The average molecular weight is 533 g/mol. The maximum Gasteiger partial charge on any atom is 0.262 e. The van der Waals surface area contributed by atoms with Gasteiger partial charge >= 0.3 is 0 Å². The van der Waals surface area contributed by atoms with Crippen LogP contribution in [0, 0.1) is 17.5 Å². The van der Waals surface area contributed by atoms with E-state index < -0.39 is 63.8 Å². The van der Waals surface area contributed by atoms with Gasteiger partial charge in [0.1, 0.15) is 29.5 Å². The zero-order chi connectivity index (χ0) is 27.5. The summed E-state index contributed by atoms with van der Waals surface area (Å²) in [6, 6.07) is 0.808. The van der Waals surface area contributed by atoms with E-state index in [1.807, 2.05) is 0 Å². The number of phenols is 1. The third-order valence-corrected chi connectivity index (χ3v) is 7.37.